The Kier molecular flexibility index (Phi) is 2.96. The number of aromatic nitrogens is 3. The average molecular weight is 250 g/mol. The van der Waals surface area contributed by atoms with E-state index in [1.807, 2.05) is 25.1 Å². The maximum Gasteiger partial charge on any atom is 0.164 e. The molecule has 0 N–H and O–H groups in total. The number of halogens is 1. The highest BCUT2D eigenvalue weighted by Gasteiger charge is 2.19. The molecular weight excluding hydrogens is 234 g/mol. The first-order chi connectivity index (χ1) is 7.89. The fourth-order valence-electron chi connectivity index (χ4n) is 1.74. The minimum atomic E-state index is -0.0480. The van der Waals surface area contributed by atoms with Gasteiger partial charge in [0.2, 0.25) is 0 Å². The molecule has 90 valence electrons. The Balaban J connectivity index is 2.61. The van der Waals surface area contributed by atoms with Crippen molar-refractivity contribution in [3.05, 3.63) is 35.1 Å². The predicted molar refractivity (Wildman–Crippen MR) is 70.2 cm³/mol. The van der Waals surface area contributed by atoms with E-state index in [-0.39, 0.29) is 5.54 Å². The zero-order chi connectivity index (χ0) is 12.6. The summed E-state index contributed by atoms with van der Waals surface area (Å²) in [5.74, 6) is 0.859. The second-order valence-corrected chi connectivity index (χ2v) is 5.59. The van der Waals surface area contributed by atoms with Gasteiger partial charge in [-0.1, -0.05) is 17.7 Å². The molecule has 4 heteroatoms. The van der Waals surface area contributed by atoms with Gasteiger partial charge in [-0.3, -0.25) is 0 Å². The quantitative estimate of drug-likeness (QED) is 0.772. The van der Waals surface area contributed by atoms with Crippen LogP contribution in [0.25, 0.3) is 11.4 Å². The molecule has 0 saturated carbocycles. The van der Waals surface area contributed by atoms with Crippen molar-refractivity contribution >= 4 is 11.6 Å². The van der Waals surface area contributed by atoms with Gasteiger partial charge in [-0.25, -0.2) is 0 Å². The largest absolute Gasteiger partial charge is 0.308 e. The van der Waals surface area contributed by atoms with Gasteiger partial charge in [0, 0.05) is 16.1 Å². The Morgan fingerprint density at radius 2 is 1.94 bits per heavy atom. The van der Waals surface area contributed by atoms with Crippen LogP contribution < -0.4 is 0 Å². The lowest BCUT2D eigenvalue weighted by Crippen LogP contribution is -2.22. The van der Waals surface area contributed by atoms with Gasteiger partial charge in [0.25, 0.3) is 0 Å². The molecule has 1 aromatic heterocycles. The summed E-state index contributed by atoms with van der Waals surface area (Å²) in [6, 6.07) is 5.82. The van der Waals surface area contributed by atoms with Gasteiger partial charge in [0.05, 0.1) is 0 Å². The number of hydrogen-bond donors (Lipinski definition) is 0. The van der Waals surface area contributed by atoms with Crippen molar-refractivity contribution < 1.29 is 0 Å². The maximum atomic E-state index is 6.04. The van der Waals surface area contributed by atoms with E-state index in [1.54, 1.807) is 6.33 Å². The fraction of sp³-hybridized carbons (Fsp3) is 0.385. The van der Waals surface area contributed by atoms with Crippen LogP contribution >= 0.6 is 11.6 Å². The predicted octanol–water partition coefficient (Wildman–Crippen LogP) is 3.66. The Morgan fingerprint density at radius 1 is 1.24 bits per heavy atom. The van der Waals surface area contributed by atoms with Crippen LogP contribution in [0.4, 0.5) is 0 Å². The molecule has 1 heterocycles. The number of nitrogens with zero attached hydrogens (tertiary/aromatic N) is 3. The third-order valence-corrected chi connectivity index (χ3v) is 2.95. The lowest BCUT2D eigenvalue weighted by atomic mass is 10.1. The second kappa shape index (κ2) is 4.15. The molecule has 0 aliphatic rings. The van der Waals surface area contributed by atoms with E-state index in [9.17, 15) is 0 Å². The molecule has 0 fully saturated rings. The molecule has 3 nitrogen and oxygen atoms in total. The van der Waals surface area contributed by atoms with Gasteiger partial charge >= 0.3 is 0 Å². The smallest absolute Gasteiger partial charge is 0.164 e. The summed E-state index contributed by atoms with van der Waals surface area (Å²) >= 11 is 6.04. The van der Waals surface area contributed by atoms with Crippen molar-refractivity contribution in [3.63, 3.8) is 0 Å². The molecule has 0 unspecified atom stereocenters. The summed E-state index contributed by atoms with van der Waals surface area (Å²) in [7, 11) is 0. The van der Waals surface area contributed by atoms with Gasteiger partial charge in [-0.2, -0.15) is 0 Å². The molecule has 2 aromatic rings. The summed E-state index contributed by atoms with van der Waals surface area (Å²) in [5.41, 5.74) is 2.13. The first-order valence-corrected chi connectivity index (χ1v) is 5.94. The number of benzene rings is 1. The normalized spacial score (nSPS) is 11.8. The lowest BCUT2D eigenvalue weighted by molar-refractivity contribution is 0.399. The van der Waals surface area contributed by atoms with E-state index in [4.69, 9.17) is 11.6 Å². The Bertz CT molecular complexity index is 538. The van der Waals surface area contributed by atoms with Gasteiger partial charge in [-0.05, 0) is 45.4 Å². The monoisotopic (exact) mass is 249 g/mol. The molecule has 17 heavy (non-hydrogen) atoms. The highest BCUT2D eigenvalue weighted by molar-refractivity contribution is 6.30. The van der Waals surface area contributed by atoms with E-state index in [2.05, 4.69) is 35.5 Å². The standard InChI is InChI=1S/C13H16ClN3/c1-9-5-6-10(14)7-11(9)12-16-15-8-17(12)13(2,3)4/h5-8H,1-4H3. The van der Waals surface area contributed by atoms with E-state index in [1.165, 1.54) is 0 Å². The minimum Gasteiger partial charge on any atom is -0.308 e. The van der Waals surface area contributed by atoms with Crippen molar-refractivity contribution in [2.24, 2.45) is 0 Å². The molecule has 0 bridgehead atoms. The van der Waals surface area contributed by atoms with Gasteiger partial charge in [0.1, 0.15) is 6.33 Å². The molecule has 0 aliphatic heterocycles. The van der Waals surface area contributed by atoms with Crippen molar-refractivity contribution in [2.45, 2.75) is 33.2 Å². The SMILES string of the molecule is Cc1ccc(Cl)cc1-c1nncn1C(C)(C)C. The number of aryl methyl sites for hydroxylation is 1. The van der Waals surface area contributed by atoms with Crippen molar-refractivity contribution in [3.8, 4) is 11.4 Å². The lowest BCUT2D eigenvalue weighted by Gasteiger charge is -2.22. The maximum absolute atomic E-state index is 6.04. The molecule has 0 atom stereocenters. The molecule has 0 amide bonds. The highest BCUT2D eigenvalue weighted by Crippen LogP contribution is 2.28. The second-order valence-electron chi connectivity index (χ2n) is 5.15. The van der Waals surface area contributed by atoms with Crippen molar-refractivity contribution in [1.29, 1.82) is 0 Å². The molecule has 0 radical (unpaired) electrons. The topological polar surface area (TPSA) is 30.7 Å². The number of rotatable bonds is 1. The summed E-state index contributed by atoms with van der Waals surface area (Å²) in [6.07, 6.45) is 1.76. The van der Waals surface area contributed by atoms with E-state index < -0.39 is 0 Å². The van der Waals surface area contributed by atoms with Crippen LogP contribution in [0.2, 0.25) is 5.02 Å². The summed E-state index contributed by atoms with van der Waals surface area (Å²) < 4.78 is 2.06. The number of hydrogen-bond acceptors (Lipinski definition) is 2. The third kappa shape index (κ3) is 2.34. The van der Waals surface area contributed by atoms with Crippen LogP contribution in [-0.4, -0.2) is 14.8 Å². The van der Waals surface area contributed by atoms with E-state index in [0.29, 0.717) is 5.02 Å². The summed E-state index contributed by atoms with van der Waals surface area (Å²) in [6.45, 7) is 8.42. The van der Waals surface area contributed by atoms with Crippen LogP contribution in [0, 0.1) is 6.92 Å². The summed E-state index contributed by atoms with van der Waals surface area (Å²) in [5, 5.41) is 8.93. The Labute approximate surface area is 106 Å². The average Bonchev–Trinajstić information content (AvgIpc) is 2.69. The van der Waals surface area contributed by atoms with Crippen LogP contribution in [0.15, 0.2) is 24.5 Å². The van der Waals surface area contributed by atoms with Crippen LogP contribution in [-0.2, 0) is 5.54 Å². The molecule has 2 rings (SSSR count). The van der Waals surface area contributed by atoms with Crippen molar-refractivity contribution in [2.75, 3.05) is 0 Å². The Morgan fingerprint density at radius 3 is 2.59 bits per heavy atom. The van der Waals surface area contributed by atoms with Gasteiger partial charge < -0.3 is 4.57 Å². The van der Waals surface area contributed by atoms with Crippen LogP contribution in [0.5, 0.6) is 0 Å². The fourth-order valence-corrected chi connectivity index (χ4v) is 1.92. The zero-order valence-corrected chi connectivity index (χ0v) is 11.3. The van der Waals surface area contributed by atoms with E-state index in [0.717, 1.165) is 17.0 Å². The first kappa shape index (κ1) is 12.1. The van der Waals surface area contributed by atoms with Crippen LogP contribution in [0.3, 0.4) is 0 Å². The first-order valence-electron chi connectivity index (χ1n) is 5.56. The minimum absolute atomic E-state index is 0.0480. The Hall–Kier alpha value is -1.35. The highest BCUT2D eigenvalue weighted by atomic mass is 35.5. The van der Waals surface area contributed by atoms with E-state index >= 15 is 0 Å². The molecule has 0 aliphatic carbocycles. The summed E-state index contributed by atoms with van der Waals surface area (Å²) in [4.78, 5) is 0. The van der Waals surface area contributed by atoms with Crippen LogP contribution in [0.1, 0.15) is 26.3 Å². The molecule has 1 aromatic carbocycles. The zero-order valence-electron chi connectivity index (χ0n) is 10.5. The van der Waals surface area contributed by atoms with Gasteiger partial charge in [0.15, 0.2) is 5.82 Å². The molecule has 0 saturated heterocycles. The molecular formula is C13H16ClN3. The third-order valence-electron chi connectivity index (χ3n) is 2.71. The van der Waals surface area contributed by atoms with Gasteiger partial charge in [-0.15, -0.1) is 10.2 Å². The van der Waals surface area contributed by atoms with Crippen molar-refractivity contribution in [1.82, 2.24) is 14.8 Å². The molecule has 0 spiro atoms.